The van der Waals surface area contributed by atoms with Crippen molar-refractivity contribution in [3.8, 4) is 11.4 Å². The van der Waals surface area contributed by atoms with Gasteiger partial charge in [0.25, 0.3) is 5.91 Å². The van der Waals surface area contributed by atoms with Crippen molar-refractivity contribution in [1.82, 2.24) is 15.0 Å². The molecule has 25 heavy (non-hydrogen) atoms. The molecule has 8 heteroatoms. The highest BCUT2D eigenvalue weighted by Crippen LogP contribution is 2.23. The molecule has 0 atom stereocenters. The van der Waals surface area contributed by atoms with Crippen LogP contribution in [-0.2, 0) is 0 Å². The van der Waals surface area contributed by atoms with Gasteiger partial charge in [-0.15, -0.1) is 5.10 Å². The van der Waals surface area contributed by atoms with Gasteiger partial charge in [0.15, 0.2) is 5.69 Å². The largest absolute Gasteiger partial charge is 0.494 e. The quantitative estimate of drug-likeness (QED) is 0.790. The molecule has 1 aromatic heterocycles. The van der Waals surface area contributed by atoms with E-state index in [9.17, 15) is 13.6 Å². The Bertz CT molecular complexity index is 940. The molecule has 0 aliphatic carbocycles. The number of ether oxygens (including phenoxy) is 1. The zero-order chi connectivity index (χ0) is 18.0. The second-order valence-electron chi connectivity index (χ2n) is 5.19. The minimum atomic E-state index is -0.872. The molecule has 3 aromatic rings. The van der Waals surface area contributed by atoms with Gasteiger partial charge in [0.05, 0.1) is 18.5 Å². The van der Waals surface area contributed by atoms with Crippen LogP contribution in [0, 0.1) is 18.6 Å². The molecule has 0 fully saturated rings. The molecule has 128 valence electrons. The van der Waals surface area contributed by atoms with Gasteiger partial charge in [0.2, 0.25) is 0 Å². The van der Waals surface area contributed by atoms with E-state index in [1.54, 1.807) is 31.2 Å². The molecule has 0 unspecified atom stereocenters. The standard InChI is InChI=1S/C17H14F2N4O2/c1-10-16(17(24)20-13-8-7-11(18)9-12(13)19)21-22-23(10)14-5-3-4-6-15(14)25-2/h3-9H,1-2H3,(H,20,24). The third-order valence-electron chi connectivity index (χ3n) is 3.60. The van der Waals surface area contributed by atoms with Gasteiger partial charge < -0.3 is 10.1 Å². The maximum Gasteiger partial charge on any atom is 0.278 e. The molecule has 1 heterocycles. The first-order valence-electron chi connectivity index (χ1n) is 7.33. The topological polar surface area (TPSA) is 69.0 Å². The number of halogens is 2. The van der Waals surface area contributed by atoms with E-state index in [1.165, 1.54) is 11.8 Å². The number of hydrogen-bond acceptors (Lipinski definition) is 4. The molecule has 0 aliphatic rings. The summed E-state index contributed by atoms with van der Waals surface area (Å²) < 4.78 is 33.4. The Balaban J connectivity index is 1.91. The second kappa shape index (κ2) is 6.68. The normalized spacial score (nSPS) is 10.6. The highest BCUT2D eigenvalue weighted by Gasteiger charge is 2.20. The number of aromatic nitrogens is 3. The fourth-order valence-corrected chi connectivity index (χ4v) is 2.34. The van der Waals surface area contributed by atoms with Gasteiger partial charge in [0, 0.05) is 6.07 Å². The minimum absolute atomic E-state index is 0.0228. The Morgan fingerprint density at radius 1 is 1.20 bits per heavy atom. The summed E-state index contributed by atoms with van der Waals surface area (Å²) >= 11 is 0. The number of carbonyl (C=O) groups excluding carboxylic acids is 1. The van der Waals surface area contributed by atoms with Gasteiger partial charge in [0.1, 0.15) is 23.1 Å². The number of methoxy groups -OCH3 is 1. The summed E-state index contributed by atoms with van der Waals surface area (Å²) in [4.78, 5) is 12.4. The SMILES string of the molecule is COc1ccccc1-n1nnc(C(=O)Nc2ccc(F)cc2F)c1C. The van der Waals surface area contributed by atoms with E-state index in [2.05, 4.69) is 15.6 Å². The fourth-order valence-electron chi connectivity index (χ4n) is 2.34. The first-order chi connectivity index (χ1) is 12.0. The van der Waals surface area contributed by atoms with Crippen LogP contribution in [0.1, 0.15) is 16.2 Å². The Hall–Kier alpha value is -3.29. The van der Waals surface area contributed by atoms with Crippen molar-refractivity contribution in [2.24, 2.45) is 0 Å². The molecule has 2 aromatic carbocycles. The second-order valence-corrected chi connectivity index (χ2v) is 5.19. The van der Waals surface area contributed by atoms with Gasteiger partial charge in [-0.1, -0.05) is 17.3 Å². The summed E-state index contributed by atoms with van der Waals surface area (Å²) in [6.07, 6.45) is 0. The van der Waals surface area contributed by atoms with E-state index >= 15 is 0 Å². The summed E-state index contributed by atoms with van der Waals surface area (Å²) in [5.41, 5.74) is 0.943. The monoisotopic (exact) mass is 344 g/mol. The lowest BCUT2D eigenvalue weighted by atomic mass is 10.2. The van der Waals surface area contributed by atoms with Gasteiger partial charge in [-0.2, -0.15) is 0 Å². The van der Waals surface area contributed by atoms with E-state index in [4.69, 9.17) is 4.74 Å². The van der Waals surface area contributed by atoms with Crippen LogP contribution in [0.4, 0.5) is 14.5 Å². The van der Waals surface area contributed by atoms with Gasteiger partial charge in [-0.3, -0.25) is 4.79 Å². The fraction of sp³-hybridized carbons (Fsp3) is 0.118. The molecule has 6 nitrogen and oxygen atoms in total. The average molecular weight is 344 g/mol. The molecule has 0 radical (unpaired) electrons. The van der Waals surface area contributed by atoms with Crippen LogP contribution < -0.4 is 10.1 Å². The average Bonchev–Trinajstić information content (AvgIpc) is 2.98. The zero-order valence-corrected chi connectivity index (χ0v) is 13.5. The Kier molecular flexibility index (Phi) is 4.42. The predicted octanol–water partition coefficient (Wildman–Crippen LogP) is 3.11. The number of anilines is 1. The van der Waals surface area contributed by atoms with E-state index < -0.39 is 17.5 Å². The molecular formula is C17H14F2N4O2. The van der Waals surface area contributed by atoms with Gasteiger partial charge in [-0.05, 0) is 31.2 Å². The zero-order valence-electron chi connectivity index (χ0n) is 13.5. The van der Waals surface area contributed by atoms with Crippen molar-refractivity contribution in [2.75, 3.05) is 12.4 Å². The lowest BCUT2D eigenvalue weighted by Gasteiger charge is -2.09. The smallest absolute Gasteiger partial charge is 0.278 e. The number of nitrogens with one attached hydrogen (secondary N) is 1. The van der Waals surface area contributed by atoms with E-state index in [-0.39, 0.29) is 11.4 Å². The maximum absolute atomic E-state index is 13.7. The number of carbonyl (C=O) groups is 1. The van der Waals surface area contributed by atoms with Crippen LogP contribution in [0.3, 0.4) is 0 Å². The molecule has 1 N–H and O–H groups in total. The van der Waals surface area contributed by atoms with Crippen molar-refractivity contribution in [1.29, 1.82) is 0 Å². The Labute approximate surface area is 142 Å². The highest BCUT2D eigenvalue weighted by atomic mass is 19.1. The molecule has 0 spiro atoms. The minimum Gasteiger partial charge on any atom is -0.494 e. The number of rotatable bonds is 4. The summed E-state index contributed by atoms with van der Waals surface area (Å²) in [7, 11) is 1.52. The van der Waals surface area contributed by atoms with Crippen LogP contribution >= 0.6 is 0 Å². The van der Waals surface area contributed by atoms with Crippen molar-refractivity contribution >= 4 is 11.6 Å². The molecule has 3 rings (SSSR count). The van der Waals surface area contributed by atoms with E-state index in [0.29, 0.717) is 23.2 Å². The van der Waals surface area contributed by atoms with E-state index in [0.717, 1.165) is 12.1 Å². The van der Waals surface area contributed by atoms with Crippen molar-refractivity contribution in [2.45, 2.75) is 6.92 Å². The molecular weight excluding hydrogens is 330 g/mol. The van der Waals surface area contributed by atoms with Gasteiger partial charge >= 0.3 is 0 Å². The van der Waals surface area contributed by atoms with Gasteiger partial charge in [-0.25, -0.2) is 13.5 Å². The van der Waals surface area contributed by atoms with Crippen molar-refractivity contribution < 1.29 is 18.3 Å². The van der Waals surface area contributed by atoms with Crippen molar-refractivity contribution in [3.63, 3.8) is 0 Å². The molecule has 0 aliphatic heterocycles. The van der Waals surface area contributed by atoms with Crippen LogP contribution in [0.5, 0.6) is 5.75 Å². The lowest BCUT2D eigenvalue weighted by molar-refractivity contribution is 0.102. The van der Waals surface area contributed by atoms with Crippen LogP contribution in [0.15, 0.2) is 42.5 Å². The number of para-hydroxylation sites is 2. The lowest BCUT2D eigenvalue weighted by Crippen LogP contribution is -2.15. The summed E-state index contributed by atoms with van der Waals surface area (Å²) in [6.45, 7) is 1.66. The summed E-state index contributed by atoms with van der Waals surface area (Å²) in [5.74, 6) is -1.69. The first-order valence-corrected chi connectivity index (χ1v) is 7.33. The van der Waals surface area contributed by atoms with Crippen LogP contribution in [-0.4, -0.2) is 28.0 Å². The first kappa shape index (κ1) is 16.6. The number of nitrogens with zero attached hydrogens (tertiary/aromatic N) is 3. The molecule has 0 saturated heterocycles. The number of benzene rings is 2. The number of hydrogen-bond donors (Lipinski definition) is 1. The Morgan fingerprint density at radius 3 is 2.68 bits per heavy atom. The van der Waals surface area contributed by atoms with Crippen LogP contribution in [0.2, 0.25) is 0 Å². The Morgan fingerprint density at radius 2 is 1.96 bits per heavy atom. The van der Waals surface area contributed by atoms with Crippen molar-refractivity contribution in [3.05, 3.63) is 65.5 Å². The molecule has 0 saturated carbocycles. The number of amides is 1. The third-order valence-corrected chi connectivity index (χ3v) is 3.60. The van der Waals surface area contributed by atoms with Crippen LogP contribution in [0.25, 0.3) is 5.69 Å². The maximum atomic E-state index is 13.7. The predicted molar refractivity (Wildman–Crippen MR) is 87.0 cm³/mol. The van der Waals surface area contributed by atoms with E-state index in [1.807, 2.05) is 0 Å². The summed E-state index contributed by atoms with van der Waals surface area (Å²) in [5, 5.41) is 10.2. The molecule has 1 amide bonds. The third kappa shape index (κ3) is 3.18. The highest BCUT2D eigenvalue weighted by molar-refractivity contribution is 6.03. The summed E-state index contributed by atoms with van der Waals surface area (Å²) in [6, 6.07) is 10.0. The molecule has 0 bridgehead atoms.